The predicted molar refractivity (Wildman–Crippen MR) is 99.7 cm³/mol. The highest BCUT2D eigenvalue weighted by Gasteiger charge is 2.26. The number of carbonyl (C=O) groups excluding carboxylic acids is 1. The Balaban J connectivity index is 1.67. The van der Waals surface area contributed by atoms with Crippen LogP contribution in [0.25, 0.3) is 0 Å². The maximum Gasteiger partial charge on any atom is 0.275 e. The van der Waals surface area contributed by atoms with Crippen LogP contribution in [0.3, 0.4) is 0 Å². The van der Waals surface area contributed by atoms with E-state index in [4.69, 9.17) is 0 Å². The van der Waals surface area contributed by atoms with E-state index in [1.807, 2.05) is 23.1 Å². The van der Waals surface area contributed by atoms with Gasteiger partial charge >= 0.3 is 0 Å². The maximum atomic E-state index is 12.4. The monoisotopic (exact) mass is 375 g/mol. The Kier molecular flexibility index (Phi) is 5.48. The highest BCUT2D eigenvalue weighted by atomic mass is 32.2. The number of benzene rings is 1. The van der Waals surface area contributed by atoms with Crippen molar-refractivity contribution in [2.24, 2.45) is 0 Å². The lowest BCUT2D eigenvalue weighted by Gasteiger charge is -2.34. The number of hydrogen-bond acceptors (Lipinski definition) is 6. The van der Waals surface area contributed by atoms with E-state index < -0.39 is 10.0 Å². The molecule has 1 aromatic carbocycles. The third kappa shape index (κ3) is 4.17. The third-order valence-electron chi connectivity index (χ3n) is 4.21. The van der Waals surface area contributed by atoms with Crippen LogP contribution < -0.4 is 10.2 Å². The van der Waals surface area contributed by atoms with E-state index >= 15 is 0 Å². The highest BCUT2D eigenvalue weighted by molar-refractivity contribution is 7.89. The van der Waals surface area contributed by atoms with Crippen LogP contribution in [0.15, 0.2) is 42.7 Å². The Morgan fingerprint density at radius 2 is 1.81 bits per heavy atom. The number of rotatable bonds is 5. The lowest BCUT2D eigenvalue weighted by Crippen LogP contribution is -2.49. The summed E-state index contributed by atoms with van der Waals surface area (Å²) < 4.78 is 25.4. The minimum absolute atomic E-state index is 0.0992. The van der Waals surface area contributed by atoms with Crippen LogP contribution in [0.1, 0.15) is 17.4 Å². The molecule has 2 heterocycles. The van der Waals surface area contributed by atoms with E-state index in [1.165, 1.54) is 10.5 Å². The van der Waals surface area contributed by atoms with E-state index in [9.17, 15) is 13.2 Å². The van der Waals surface area contributed by atoms with Crippen LogP contribution in [0, 0.1) is 0 Å². The molecule has 1 aliphatic heterocycles. The average Bonchev–Trinajstić information content (AvgIpc) is 2.69. The zero-order valence-corrected chi connectivity index (χ0v) is 15.3. The summed E-state index contributed by atoms with van der Waals surface area (Å²) in [4.78, 5) is 22.8. The summed E-state index contributed by atoms with van der Waals surface area (Å²) in [7, 11) is -3.18. The van der Waals surface area contributed by atoms with Gasteiger partial charge in [0.05, 0.1) is 18.1 Å². The molecular weight excluding hydrogens is 354 g/mol. The van der Waals surface area contributed by atoms with Crippen molar-refractivity contribution in [2.45, 2.75) is 6.92 Å². The van der Waals surface area contributed by atoms with E-state index in [1.54, 1.807) is 25.3 Å². The van der Waals surface area contributed by atoms with E-state index in [-0.39, 0.29) is 17.4 Å². The molecule has 0 saturated carbocycles. The molecule has 0 radical (unpaired) electrons. The average molecular weight is 375 g/mol. The second-order valence-corrected chi connectivity index (χ2v) is 8.13. The van der Waals surface area contributed by atoms with Gasteiger partial charge in [0.25, 0.3) is 5.91 Å². The molecule has 0 aliphatic carbocycles. The number of piperazine rings is 1. The van der Waals surface area contributed by atoms with Crippen LogP contribution in [-0.4, -0.2) is 60.5 Å². The van der Waals surface area contributed by atoms with E-state index in [2.05, 4.69) is 15.3 Å². The molecule has 9 heteroatoms. The standard InChI is InChI=1S/C17H21N5O3S/c1-2-26(24,25)22-10-8-21(9-11-22)16-13-18-12-15(20-16)17(23)19-14-6-4-3-5-7-14/h3-7,12-13H,2,8-11H2,1H3,(H,19,23). The molecule has 1 fully saturated rings. The fraction of sp³-hybridized carbons (Fsp3) is 0.353. The van der Waals surface area contributed by atoms with Gasteiger partial charge in [-0.05, 0) is 19.1 Å². The summed E-state index contributed by atoms with van der Waals surface area (Å²) in [6, 6.07) is 9.13. The number of hydrogen-bond donors (Lipinski definition) is 1. The van der Waals surface area contributed by atoms with Gasteiger partial charge in [0, 0.05) is 31.9 Å². The van der Waals surface area contributed by atoms with Crippen molar-refractivity contribution in [3.05, 3.63) is 48.4 Å². The molecule has 0 atom stereocenters. The number of nitrogens with zero attached hydrogens (tertiary/aromatic N) is 4. The van der Waals surface area contributed by atoms with Gasteiger partial charge in [0.2, 0.25) is 10.0 Å². The molecule has 1 aromatic heterocycles. The Morgan fingerprint density at radius 1 is 1.12 bits per heavy atom. The minimum Gasteiger partial charge on any atom is -0.353 e. The molecule has 26 heavy (non-hydrogen) atoms. The molecular formula is C17H21N5O3S. The first-order valence-electron chi connectivity index (χ1n) is 8.41. The number of aromatic nitrogens is 2. The summed E-state index contributed by atoms with van der Waals surface area (Å²) in [5.74, 6) is 0.332. The molecule has 3 rings (SSSR count). The SMILES string of the molecule is CCS(=O)(=O)N1CCN(c2cncc(C(=O)Nc3ccccc3)n2)CC1. The molecule has 1 amide bonds. The number of sulfonamides is 1. The Hall–Kier alpha value is -2.52. The third-order valence-corrected chi connectivity index (χ3v) is 6.09. The fourth-order valence-corrected chi connectivity index (χ4v) is 3.80. The summed E-state index contributed by atoms with van der Waals surface area (Å²) in [5.41, 5.74) is 0.901. The Morgan fingerprint density at radius 3 is 2.46 bits per heavy atom. The van der Waals surface area contributed by atoms with Crippen molar-refractivity contribution in [3.63, 3.8) is 0 Å². The molecule has 1 aliphatic rings. The molecule has 2 aromatic rings. The predicted octanol–water partition coefficient (Wildman–Crippen LogP) is 1.20. The normalized spacial score (nSPS) is 15.7. The van der Waals surface area contributed by atoms with Crippen LogP contribution in [-0.2, 0) is 10.0 Å². The molecule has 1 saturated heterocycles. The van der Waals surface area contributed by atoms with Gasteiger partial charge in [-0.25, -0.2) is 13.4 Å². The van der Waals surface area contributed by atoms with Gasteiger partial charge in [-0.3, -0.25) is 9.78 Å². The molecule has 0 unspecified atom stereocenters. The number of carbonyl (C=O) groups is 1. The van der Waals surface area contributed by atoms with Gasteiger partial charge in [0.1, 0.15) is 11.5 Å². The topological polar surface area (TPSA) is 95.5 Å². The summed E-state index contributed by atoms with van der Waals surface area (Å²) in [6.07, 6.45) is 3.00. The van der Waals surface area contributed by atoms with Crippen molar-refractivity contribution in [1.82, 2.24) is 14.3 Å². The van der Waals surface area contributed by atoms with Gasteiger partial charge in [-0.1, -0.05) is 18.2 Å². The molecule has 1 N–H and O–H groups in total. The number of anilines is 2. The van der Waals surface area contributed by atoms with Gasteiger partial charge in [0.15, 0.2) is 0 Å². The first-order valence-corrected chi connectivity index (χ1v) is 10.0. The number of para-hydroxylation sites is 1. The maximum absolute atomic E-state index is 12.4. The quantitative estimate of drug-likeness (QED) is 0.844. The molecule has 138 valence electrons. The van der Waals surface area contributed by atoms with Gasteiger partial charge in [-0.2, -0.15) is 4.31 Å². The van der Waals surface area contributed by atoms with Crippen LogP contribution >= 0.6 is 0 Å². The molecule has 0 bridgehead atoms. The number of amides is 1. The largest absolute Gasteiger partial charge is 0.353 e. The zero-order valence-electron chi connectivity index (χ0n) is 14.5. The fourth-order valence-electron chi connectivity index (χ4n) is 2.71. The number of nitrogens with one attached hydrogen (secondary N) is 1. The lowest BCUT2D eigenvalue weighted by molar-refractivity contribution is 0.102. The first-order chi connectivity index (χ1) is 12.5. The summed E-state index contributed by atoms with van der Waals surface area (Å²) in [5, 5.41) is 2.78. The van der Waals surface area contributed by atoms with Crippen molar-refractivity contribution >= 4 is 27.4 Å². The summed E-state index contributed by atoms with van der Waals surface area (Å²) in [6.45, 7) is 3.47. The minimum atomic E-state index is -3.18. The lowest BCUT2D eigenvalue weighted by atomic mass is 10.3. The van der Waals surface area contributed by atoms with Crippen LogP contribution in [0.4, 0.5) is 11.5 Å². The van der Waals surface area contributed by atoms with Crippen molar-refractivity contribution in [1.29, 1.82) is 0 Å². The molecule has 8 nitrogen and oxygen atoms in total. The Labute approximate surface area is 152 Å². The van der Waals surface area contributed by atoms with Crippen molar-refractivity contribution in [3.8, 4) is 0 Å². The second-order valence-electron chi connectivity index (χ2n) is 5.87. The first kappa shape index (κ1) is 18.3. The molecule has 0 spiro atoms. The highest BCUT2D eigenvalue weighted by Crippen LogP contribution is 2.16. The van der Waals surface area contributed by atoms with Gasteiger partial charge < -0.3 is 10.2 Å². The van der Waals surface area contributed by atoms with Crippen molar-refractivity contribution < 1.29 is 13.2 Å². The van der Waals surface area contributed by atoms with E-state index in [0.29, 0.717) is 37.7 Å². The van der Waals surface area contributed by atoms with E-state index in [0.717, 1.165) is 0 Å². The van der Waals surface area contributed by atoms with Gasteiger partial charge in [-0.15, -0.1) is 0 Å². The Bertz CT molecular complexity index is 865. The smallest absolute Gasteiger partial charge is 0.275 e. The van der Waals surface area contributed by atoms with Crippen LogP contribution in [0.5, 0.6) is 0 Å². The van der Waals surface area contributed by atoms with Crippen molar-refractivity contribution in [2.75, 3.05) is 42.1 Å². The summed E-state index contributed by atoms with van der Waals surface area (Å²) >= 11 is 0. The zero-order chi connectivity index (χ0) is 18.6. The van der Waals surface area contributed by atoms with Crippen LogP contribution in [0.2, 0.25) is 0 Å². The second kappa shape index (κ2) is 7.79.